The van der Waals surface area contributed by atoms with E-state index < -0.39 is 21.9 Å². The minimum absolute atomic E-state index is 0.0578. The fourth-order valence-electron chi connectivity index (χ4n) is 3.28. The van der Waals surface area contributed by atoms with Crippen LogP contribution in [0.4, 0.5) is 4.79 Å². The molecular weight excluding hydrogens is 346 g/mol. The molecule has 1 amide bonds. The Kier molecular flexibility index (Phi) is 3.77. The molecule has 1 fully saturated rings. The summed E-state index contributed by atoms with van der Waals surface area (Å²) in [5.74, 6) is 0. The van der Waals surface area contributed by atoms with Crippen LogP contribution in [0.15, 0.2) is 47.9 Å². The van der Waals surface area contributed by atoms with Gasteiger partial charge in [-0.3, -0.25) is 4.90 Å². The van der Waals surface area contributed by atoms with Gasteiger partial charge in [0.2, 0.25) is 0 Å². The van der Waals surface area contributed by atoms with Crippen molar-refractivity contribution in [2.75, 3.05) is 6.54 Å². The van der Waals surface area contributed by atoms with Crippen LogP contribution in [0.25, 0.3) is 0 Å². The highest BCUT2D eigenvalue weighted by atomic mass is 32.2. The van der Waals surface area contributed by atoms with Gasteiger partial charge in [-0.2, -0.15) is 8.42 Å². The maximum atomic E-state index is 12.8. The molecule has 1 atom stereocenters. The number of imidazole rings is 1. The van der Waals surface area contributed by atoms with Crippen molar-refractivity contribution in [3.8, 4) is 0 Å². The van der Waals surface area contributed by atoms with E-state index in [1.54, 1.807) is 35.4 Å². The van der Waals surface area contributed by atoms with E-state index >= 15 is 0 Å². The number of nitrogens with zero attached hydrogens (tertiary/aromatic N) is 3. The Bertz CT molecular complexity index is 879. The first kappa shape index (κ1) is 16.1. The van der Waals surface area contributed by atoms with Crippen LogP contribution in [0.2, 0.25) is 0 Å². The Hall–Kier alpha value is -2.39. The molecule has 1 saturated heterocycles. The van der Waals surface area contributed by atoms with Gasteiger partial charge in [-0.25, -0.2) is 14.0 Å². The van der Waals surface area contributed by atoms with Crippen LogP contribution >= 0.6 is 0 Å². The van der Waals surface area contributed by atoms with Gasteiger partial charge in [0.1, 0.15) is 6.61 Å². The van der Waals surface area contributed by atoms with E-state index in [9.17, 15) is 13.2 Å². The fraction of sp³-hybridized carbons (Fsp3) is 0.375. The van der Waals surface area contributed by atoms with Crippen molar-refractivity contribution in [1.82, 2.24) is 14.5 Å². The van der Waals surface area contributed by atoms with Gasteiger partial charge in [0, 0.05) is 25.4 Å². The van der Waals surface area contributed by atoms with Crippen molar-refractivity contribution in [3.63, 3.8) is 0 Å². The monoisotopic (exact) mass is 363 g/mol. The van der Waals surface area contributed by atoms with Crippen molar-refractivity contribution in [2.45, 2.75) is 36.6 Å². The molecule has 0 spiro atoms. The normalized spacial score (nSPS) is 25.3. The third-order valence-corrected chi connectivity index (χ3v) is 5.87. The van der Waals surface area contributed by atoms with Gasteiger partial charge < -0.3 is 9.30 Å². The molecule has 3 aliphatic rings. The molecule has 132 valence electrons. The Labute approximate surface area is 145 Å². The van der Waals surface area contributed by atoms with E-state index in [0.29, 0.717) is 24.9 Å². The van der Waals surface area contributed by atoms with Gasteiger partial charge in [-0.1, -0.05) is 12.1 Å². The molecule has 0 saturated carbocycles. The molecule has 2 bridgehead atoms. The lowest BCUT2D eigenvalue weighted by Gasteiger charge is -2.36. The van der Waals surface area contributed by atoms with E-state index in [-0.39, 0.29) is 18.0 Å². The van der Waals surface area contributed by atoms with Crippen molar-refractivity contribution in [3.05, 3.63) is 48.5 Å². The number of fused-ring (bicyclic) bond motifs is 5. The number of carbonyl (C=O) groups excluding carboxylic acids is 1. The van der Waals surface area contributed by atoms with E-state index in [1.807, 2.05) is 0 Å². The molecular formula is C16H17N3O5S. The number of hydrogen-bond donors (Lipinski definition) is 0. The van der Waals surface area contributed by atoms with Crippen molar-refractivity contribution in [2.24, 2.45) is 0 Å². The highest BCUT2D eigenvalue weighted by Gasteiger charge is 2.49. The van der Waals surface area contributed by atoms with Crippen LogP contribution in [0.3, 0.4) is 0 Å². The van der Waals surface area contributed by atoms with E-state index in [1.165, 1.54) is 17.0 Å². The number of carbonyl (C=O) groups is 1. The highest BCUT2D eigenvalue weighted by Crippen LogP contribution is 2.36. The summed E-state index contributed by atoms with van der Waals surface area (Å²) in [6.07, 6.45) is 5.27. The second-order valence-electron chi connectivity index (χ2n) is 6.17. The molecule has 25 heavy (non-hydrogen) atoms. The molecule has 0 aliphatic carbocycles. The molecule has 4 heterocycles. The Morgan fingerprint density at radius 1 is 1.24 bits per heavy atom. The van der Waals surface area contributed by atoms with Gasteiger partial charge in [-0.05, 0) is 24.1 Å². The summed E-state index contributed by atoms with van der Waals surface area (Å²) in [5.41, 5.74) is -0.619. The zero-order valence-corrected chi connectivity index (χ0v) is 14.2. The van der Waals surface area contributed by atoms with Crippen molar-refractivity contribution in [1.29, 1.82) is 0 Å². The lowest BCUT2D eigenvalue weighted by Crippen LogP contribution is -2.53. The third kappa shape index (κ3) is 2.89. The largest absolute Gasteiger partial charge is 0.444 e. The lowest BCUT2D eigenvalue weighted by molar-refractivity contribution is -0.0582. The zero-order chi connectivity index (χ0) is 17.5. The van der Waals surface area contributed by atoms with E-state index in [0.717, 1.165) is 0 Å². The van der Waals surface area contributed by atoms with Gasteiger partial charge in [0.05, 0.1) is 17.8 Å². The molecule has 8 nitrogen and oxygen atoms in total. The predicted octanol–water partition coefficient (Wildman–Crippen LogP) is 1.73. The van der Waals surface area contributed by atoms with Crippen LogP contribution in [0.1, 0.15) is 18.4 Å². The van der Waals surface area contributed by atoms with Crippen molar-refractivity contribution < 1.29 is 22.1 Å². The van der Waals surface area contributed by atoms with Crippen LogP contribution in [-0.4, -0.2) is 41.2 Å². The average Bonchev–Trinajstić information content (AvgIpc) is 3.22. The maximum absolute atomic E-state index is 12.8. The average molecular weight is 363 g/mol. The quantitative estimate of drug-likeness (QED) is 0.755. The van der Waals surface area contributed by atoms with E-state index in [4.69, 9.17) is 8.92 Å². The smallest absolute Gasteiger partial charge is 0.412 e. The van der Waals surface area contributed by atoms with Crippen LogP contribution in [0, 0.1) is 0 Å². The third-order valence-electron chi connectivity index (χ3n) is 4.49. The number of ether oxygens (including phenoxy) is 1. The Morgan fingerprint density at radius 2 is 2.04 bits per heavy atom. The molecule has 9 heteroatoms. The zero-order valence-electron chi connectivity index (χ0n) is 13.4. The van der Waals surface area contributed by atoms with Crippen LogP contribution in [0.5, 0.6) is 0 Å². The topological polar surface area (TPSA) is 90.7 Å². The maximum Gasteiger partial charge on any atom is 0.412 e. The number of hydrogen-bond acceptors (Lipinski definition) is 6. The predicted molar refractivity (Wildman–Crippen MR) is 85.8 cm³/mol. The Balaban J connectivity index is 1.80. The summed E-state index contributed by atoms with van der Waals surface area (Å²) in [7, 11) is -4.04. The molecule has 1 aromatic heterocycles. The molecule has 0 radical (unpaired) electrons. The van der Waals surface area contributed by atoms with Gasteiger partial charge in [-0.15, -0.1) is 0 Å². The molecule has 2 aromatic rings. The molecule has 3 aliphatic heterocycles. The van der Waals surface area contributed by atoms with Crippen molar-refractivity contribution >= 4 is 16.2 Å². The summed E-state index contributed by atoms with van der Waals surface area (Å²) >= 11 is 0. The standard InChI is InChI=1S/C16H17N3O5S/c20-15-19-8-1-6-16(19,11-18-9-7-17-12-18)24-25(21,22)14-4-2-13(3-5-14)10-23-15/h2-5,7,9,12H,1,6,8,10-11H2/t16-/m0/s1. The first-order chi connectivity index (χ1) is 12.0. The van der Waals surface area contributed by atoms with Gasteiger partial charge in [0.15, 0.2) is 5.72 Å². The van der Waals surface area contributed by atoms with Crippen LogP contribution in [-0.2, 0) is 32.2 Å². The van der Waals surface area contributed by atoms with Gasteiger partial charge in [0.25, 0.3) is 10.1 Å². The summed E-state index contributed by atoms with van der Waals surface area (Å²) in [5, 5.41) is 0. The lowest BCUT2D eigenvalue weighted by atomic mass is 10.1. The number of aromatic nitrogens is 2. The molecule has 0 N–H and O–H groups in total. The Morgan fingerprint density at radius 3 is 2.76 bits per heavy atom. The van der Waals surface area contributed by atoms with Crippen LogP contribution < -0.4 is 0 Å². The number of benzene rings is 1. The minimum Gasteiger partial charge on any atom is -0.444 e. The summed E-state index contributed by atoms with van der Waals surface area (Å²) in [4.78, 5) is 18.0. The van der Waals surface area contributed by atoms with Gasteiger partial charge >= 0.3 is 6.09 Å². The molecule has 5 rings (SSSR count). The SMILES string of the molecule is O=C1OCc2ccc(cc2)S(=O)(=O)O[C@]2(Cn3ccnc3)CCCN12. The number of amides is 1. The second kappa shape index (κ2) is 5.85. The summed E-state index contributed by atoms with van der Waals surface area (Å²) in [6, 6.07) is 6.16. The summed E-state index contributed by atoms with van der Waals surface area (Å²) in [6.45, 7) is 0.601. The molecule has 0 unspecified atom stereocenters. The molecule has 1 aromatic carbocycles. The van der Waals surface area contributed by atoms with E-state index in [2.05, 4.69) is 4.98 Å². The highest BCUT2D eigenvalue weighted by molar-refractivity contribution is 7.86. The first-order valence-corrected chi connectivity index (χ1v) is 9.34. The summed E-state index contributed by atoms with van der Waals surface area (Å²) < 4.78 is 38.3. The number of rotatable bonds is 2. The first-order valence-electron chi connectivity index (χ1n) is 7.93. The minimum atomic E-state index is -4.04. The fourth-order valence-corrected chi connectivity index (χ4v) is 4.48. The second-order valence-corrected chi connectivity index (χ2v) is 7.72.